The van der Waals surface area contributed by atoms with Gasteiger partial charge >= 0.3 is 6.03 Å². The summed E-state index contributed by atoms with van der Waals surface area (Å²) in [6, 6.07) is 8.18. The zero-order valence-electron chi connectivity index (χ0n) is 15.1. The number of methoxy groups -OCH3 is 1. The maximum Gasteiger partial charge on any atom is 0.317 e. The summed E-state index contributed by atoms with van der Waals surface area (Å²) in [6.45, 7) is 7.44. The third kappa shape index (κ3) is 5.45. The van der Waals surface area contributed by atoms with Crippen molar-refractivity contribution < 1.29 is 9.53 Å². The molecule has 4 heteroatoms. The summed E-state index contributed by atoms with van der Waals surface area (Å²) < 4.78 is 5.15. The second kappa shape index (κ2) is 7.24. The molecule has 1 fully saturated rings. The van der Waals surface area contributed by atoms with E-state index in [1.807, 2.05) is 31.3 Å². The van der Waals surface area contributed by atoms with Gasteiger partial charge in [-0.2, -0.15) is 0 Å². The molecule has 1 aliphatic rings. The Morgan fingerprint density at radius 3 is 2.39 bits per heavy atom. The van der Waals surface area contributed by atoms with Gasteiger partial charge in [-0.25, -0.2) is 4.79 Å². The average molecular weight is 318 g/mol. The molecule has 0 unspecified atom stereocenters. The smallest absolute Gasteiger partial charge is 0.317 e. The van der Waals surface area contributed by atoms with E-state index in [0.717, 1.165) is 30.1 Å². The van der Waals surface area contributed by atoms with E-state index in [2.05, 4.69) is 26.1 Å². The van der Waals surface area contributed by atoms with Crippen molar-refractivity contribution in [3.63, 3.8) is 0 Å². The van der Waals surface area contributed by atoms with Gasteiger partial charge in [0.25, 0.3) is 0 Å². The van der Waals surface area contributed by atoms with Crippen molar-refractivity contribution in [3.05, 3.63) is 29.8 Å². The van der Waals surface area contributed by atoms with Crippen molar-refractivity contribution in [3.8, 4) is 5.75 Å². The molecule has 0 radical (unpaired) electrons. The minimum absolute atomic E-state index is 0.0139. The number of hydrogen-bond acceptors (Lipinski definition) is 2. The SMILES string of the molecule is COc1ccc(CN(C)C(=O)N[C@H]2C[C@@H](CC(C)(C)C)C2)cc1. The molecule has 128 valence electrons. The van der Waals surface area contributed by atoms with E-state index in [9.17, 15) is 4.79 Å². The molecule has 0 aliphatic heterocycles. The predicted octanol–water partition coefficient (Wildman–Crippen LogP) is 4.05. The number of hydrogen-bond donors (Lipinski definition) is 1. The predicted molar refractivity (Wildman–Crippen MR) is 93.6 cm³/mol. The van der Waals surface area contributed by atoms with Crippen LogP contribution in [-0.4, -0.2) is 31.1 Å². The van der Waals surface area contributed by atoms with Crippen LogP contribution in [0.25, 0.3) is 0 Å². The quantitative estimate of drug-likeness (QED) is 0.890. The highest BCUT2D eigenvalue weighted by atomic mass is 16.5. The van der Waals surface area contributed by atoms with Gasteiger partial charge < -0.3 is 15.0 Å². The number of urea groups is 1. The highest BCUT2D eigenvalue weighted by Gasteiger charge is 2.33. The highest BCUT2D eigenvalue weighted by molar-refractivity contribution is 5.74. The minimum atomic E-state index is 0.0139. The molecule has 0 aromatic heterocycles. The van der Waals surface area contributed by atoms with Gasteiger partial charge in [-0.15, -0.1) is 0 Å². The van der Waals surface area contributed by atoms with Gasteiger partial charge in [0, 0.05) is 19.6 Å². The molecule has 0 atom stereocenters. The van der Waals surface area contributed by atoms with Gasteiger partial charge in [0.05, 0.1) is 7.11 Å². The number of carbonyl (C=O) groups excluding carboxylic acids is 1. The summed E-state index contributed by atoms with van der Waals surface area (Å²) in [6.07, 6.45) is 3.46. The summed E-state index contributed by atoms with van der Waals surface area (Å²) in [5, 5.41) is 3.14. The van der Waals surface area contributed by atoms with E-state index >= 15 is 0 Å². The van der Waals surface area contributed by atoms with Gasteiger partial charge in [-0.05, 0) is 48.3 Å². The lowest BCUT2D eigenvalue weighted by atomic mass is 9.71. The van der Waals surface area contributed by atoms with Gasteiger partial charge in [0.15, 0.2) is 0 Å². The fourth-order valence-electron chi connectivity index (χ4n) is 3.25. The molecule has 1 N–H and O–H groups in total. The van der Waals surface area contributed by atoms with Crippen LogP contribution < -0.4 is 10.1 Å². The second-order valence-electron chi connectivity index (χ2n) is 7.95. The molecule has 2 amide bonds. The molecule has 1 saturated carbocycles. The van der Waals surface area contributed by atoms with E-state index in [0.29, 0.717) is 18.0 Å². The first-order valence-electron chi connectivity index (χ1n) is 8.41. The number of carbonyl (C=O) groups is 1. The first-order chi connectivity index (χ1) is 10.8. The Labute approximate surface area is 140 Å². The van der Waals surface area contributed by atoms with Crippen molar-refractivity contribution in [2.45, 2.75) is 52.6 Å². The summed E-state index contributed by atoms with van der Waals surface area (Å²) in [5.74, 6) is 1.59. The van der Waals surface area contributed by atoms with Crippen LogP contribution in [-0.2, 0) is 6.54 Å². The van der Waals surface area contributed by atoms with E-state index in [-0.39, 0.29) is 6.03 Å². The lowest BCUT2D eigenvalue weighted by Crippen LogP contribution is -2.49. The molecule has 2 rings (SSSR count). The Balaban J connectivity index is 1.73. The number of benzene rings is 1. The third-order valence-electron chi connectivity index (χ3n) is 4.39. The number of rotatable bonds is 5. The second-order valence-corrected chi connectivity index (χ2v) is 7.95. The largest absolute Gasteiger partial charge is 0.497 e. The Bertz CT molecular complexity index is 513. The van der Waals surface area contributed by atoms with E-state index in [4.69, 9.17) is 4.74 Å². The molecule has 1 aromatic carbocycles. The first-order valence-corrected chi connectivity index (χ1v) is 8.41. The first kappa shape index (κ1) is 17.6. The lowest BCUT2D eigenvalue weighted by molar-refractivity contribution is 0.148. The van der Waals surface area contributed by atoms with Gasteiger partial charge in [-0.3, -0.25) is 0 Å². The van der Waals surface area contributed by atoms with Crippen molar-refractivity contribution in [2.24, 2.45) is 11.3 Å². The maximum atomic E-state index is 12.3. The lowest BCUT2D eigenvalue weighted by Gasteiger charge is -2.39. The zero-order chi connectivity index (χ0) is 17.0. The van der Waals surface area contributed by atoms with Crippen molar-refractivity contribution >= 4 is 6.03 Å². The third-order valence-corrected chi connectivity index (χ3v) is 4.39. The molecule has 0 spiro atoms. The molecule has 0 saturated heterocycles. The molecular formula is C19H30N2O2. The van der Waals surface area contributed by atoms with Crippen molar-refractivity contribution in [1.29, 1.82) is 0 Å². The van der Waals surface area contributed by atoms with Crippen LogP contribution in [0, 0.1) is 11.3 Å². The van der Waals surface area contributed by atoms with Crippen LogP contribution >= 0.6 is 0 Å². The number of nitrogens with zero attached hydrogens (tertiary/aromatic N) is 1. The maximum absolute atomic E-state index is 12.3. The molecular weight excluding hydrogens is 288 g/mol. The molecule has 4 nitrogen and oxygen atoms in total. The van der Waals surface area contributed by atoms with E-state index in [1.165, 1.54) is 6.42 Å². The summed E-state index contributed by atoms with van der Waals surface area (Å²) in [7, 11) is 3.49. The Hall–Kier alpha value is -1.71. The number of nitrogens with one attached hydrogen (secondary N) is 1. The Kier molecular flexibility index (Phi) is 5.55. The number of amides is 2. The van der Waals surface area contributed by atoms with Crippen molar-refractivity contribution in [1.82, 2.24) is 10.2 Å². The molecule has 0 heterocycles. The van der Waals surface area contributed by atoms with E-state index in [1.54, 1.807) is 12.0 Å². The zero-order valence-corrected chi connectivity index (χ0v) is 15.1. The van der Waals surface area contributed by atoms with Gasteiger partial charge in [0.2, 0.25) is 0 Å². The van der Waals surface area contributed by atoms with Crippen LogP contribution in [0.5, 0.6) is 5.75 Å². The molecule has 1 aliphatic carbocycles. The monoisotopic (exact) mass is 318 g/mol. The molecule has 23 heavy (non-hydrogen) atoms. The summed E-state index contributed by atoms with van der Waals surface area (Å²) >= 11 is 0. The van der Waals surface area contributed by atoms with Gasteiger partial charge in [0.1, 0.15) is 5.75 Å². The Morgan fingerprint density at radius 2 is 1.87 bits per heavy atom. The fraction of sp³-hybridized carbons (Fsp3) is 0.632. The van der Waals surface area contributed by atoms with Crippen LogP contribution in [0.15, 0.2) is 24.3 Å². The molecule has 1 aromatic rings. The summed E-state index contributed by atoms with van der Waals surface area (Å²) in [4.78, 5) is 14.0. The normalized spacial score (nSPS) is 20.6. The van der Waals surface area contributed by atoms with Gasteiger partial charge in [-0.1, -0.05) is 32.9 Å². The Morgan fingerprint density at radius 1 is 1.26 bits per heavy atom. The van der Waals surface area contributed by atoms with Crippen LogP contribution in [0.4, 0.5) is 4.79 Å². The highest BCUT2D eigenvalue weighted by Crippen LogP contribution is 2.37. The van der Waals surface area contributed by atoms with Crippen LogP contribution in [0.1, 0.15) is 45.6 Å². The minimum Gasteiger partial charge on any atom is -0.497 e. The van der Waals surface area contributed by atoms with Crippen LogP contribution in [0.2, 0.25) is 0 Å². The van der Waals surface area contributed by atoms with E-state index < -0.39 is 0 Å². The topological polar surface area (TPSA) is 41.6 Å². The fourth-order valence-corrected chi connectivity index (χ4v) is 3.25. The standard InChI is InChI=1S/C19H30N2O2/c1-19(2,3)12-15-10-16(11-15)20-18(22)21(4)13-14-6-8-17(23-5)9-7-14/h6-9,15-16H,10-13H2,1-5H3,(H,20,22)/t15-,16+. The van der Waals surface area contributed by atoms with Crippen LogP contribution in [0.3, 0.4) is 0 Å². The van der Waals surface area contributed by atoms with Crippen molar-refractivity contribution in [2.75, 3.05) is 14.2 Å². The molecule has 0 bridgehead atoms. The number of ether oxygens (including phenoxy) is 1. The average Bonchev–Trinajstić information content (AvgIpc) is 2.44. The summed E-state index contributed by atoms with van der Waals surface area (Å²) in [5.41, 5.74) is 1.48.